The minimum Gasteiger partial charge on any atom is -0.476 e. The van der Waals surface area contributed by atoms with Crippen LogP contribution in [0.2, 0.25) is 0 Å². The summed E-state index contributed by atoms with van der Waals surface area (Å²) < 4.78 is 32.1. The fraction of sp³-hybridized carbons (Fsp3) is 0.500. The van der Waals surface area contributed by atoms with Gasteiger partial charge in [0.05, 0.1) is 10.6 Å². The Labute approximate surface area is 124 Å². The molecule has 2 aliphatic heterocycles. The molecule has 1 aromatic rings. The highest BCUT2D eigenvalue weighted by Gasteiger charge is 2.36. The van der Waals surface area contributed by atoms with Crippen LogP contribution in [-0.2, 0) is 14.8 Å². The fourth-order valence-electron chi connectivity index (χ4n) is 2.53. The Morgan fingerprint density at radius 3 is 2.57 bits per heavy atom. The normalized spacial score (nSPS) is 21.5. The van der Waals surface area contributed by atoms with E-state index in [0.717, 1.165) is 12.8 Å². The number of hydrogen-bond acceptors (Lipinski definition) is 4. The van der Waals surface area contributed by atoms with E-state index in [1.54, 1.807) is 19.9 Å². The van der Waals surface area contributed by atoms with Crippen LogP contribution >= 0.6 is 0 Å². The van der Waals surface area contributed by atoms with Crippen molar-refractivity contribution in [3.8, 4) is 5.75 Å². The third-order valence-electron chi connectivity index (χ3n) is 3.81. The number of nitrogens with zero attached hydrogens (tertiary/aromatic N) is 1. The summed E-state index contributed by atoms with van der Waals surface area (Å²) in [6, 6.07) is 4.59. The zero-order valence-corrected chi connectivity index (χ0v) is 12.9. The van der Waals surface area contributed by atoms with Crippen molar-refractivity contribution in [2.24, 2.45) is 0 Å². The first-order chi connectivity index (χ1) is 9.80. The Hall–Kier alpha value is -1.60. The predicted octanol–water partition coefficient (Wildman–Crippen LogP) is 1.58. The van der Waals surface area contributed by atoms with Gasteiger partial charge in [0.2, 0.25) is 10.0 Å². The smallest absolute Gasteiger partial charge is 0.268 e. The average molecular weight is 310 g/mol. The monoisotopic (exact) mass is 310 g/mol. The molecule has 1 N–H and O–H groups in total. The number of anilines is 1. The first-order valence-corrected chi connectivity index (χ1v) is 8.39. The van der Waals surface area contributed by atoms with Gasteiger partial charge in [0.1, 0.15) is 5.75 Å². The Morgan fingerprint density at radius 2 is 1.90 bits per heavy atom. The molecule has 1 aromatic carbocycles. The van der Waals surface area contributed by atoms with Crippen LogP contribution in [0.1, 0.15) is 26.7 Å². The van der Waals surface area contributed by atoms with E-state index >= 15 is 0 Å². The summed E-state index contributed by atoms with van der Waals surface area (Å²) >= 11 is 0. The van der Waals surface area contributed by atoms with Crippen molar-refractivity contribution in [1.29, 1.82) is 0 Å². The highest BCUT2D eigenvalue weighted by atomic mass is 32.2. The number of hydrogen-bond donors (Lipinski definition) is 1. The lowest BCUT2D eigenvalue weighted by Crippen LogP contribution is -2.45. The molecule has 0 aliphatic carbocycles. The summed E-state index contributed by atoms with van der Waals surface area (Å²) in [5.41, 5.74) is -0.554. The SMILES string of the molecule is CC1(C)Oc2ccc(S(=O)(=O)N3CCCC3)cc2NC1=O. The van der Waals surface area contributed by atoms with E-state index in [4.69, 9.17) is 4.74 Å². The molecule has 0 spiro atoms. The molecule has 21 heavy (non-hydrogen) atoms. The second kappa shape index (κ2) is 4.71. The molecule has 1 fully saturated rings. The fourth-order valence-corrected chi connectivity index (χ4v) is 4.07. The van der Waals surface area contributed by atoms with Gasteiger partial charge in [0, 0.05) is 13.1 Å². The molecule has 0 aromatic heterocycles. The van der Waals surface area contributed by atoms with E-state index in [-0.39, 0.29) is 10.8 Å². The lowest BCUT2D eigenvalue weighted by atomic mass is 10.1. The van der Waals surface area contributed by atoms with Gasteiger partial charge >= 0.3 is 0 Å². The lowest BCUT2D eigenvalue weighted by molar-refractivity contribution is -0.129. The van der Waals surface area contributed by atoms with Gasteiger partial charge in [-0.3, -0.25) is 4.79 Å². The summed E-state index contributed by atoms with van der Waals surface area (Å²) in [5, 5.41) is 2.71. The largest absolute Gasteiger partial charge is 0.476 e. The first kappa shape index (κ1) is 14.3. The Kier molecular flexibility index (Phi) is 3.22. The molecule has 1 amide bonds. The van der Waals surface area contributed by atoms with E-state index in [1.807, 2.05) is 0 Å². The number of nitrogens with one attached hydrogen (secondary N) is 1. The molecule has 6 nitrogen and oxygen atoms in total. The number of fused-ring (bicyclic) bond motifs is 1. The zero-order chi connectivity index (χ0) is 15.3. The van der Waals surface area contributed by atoms with Gasteiger partial charge < -0.3 is 10.1 Å². The van der Waals surface area contributed by atoms with Crippen LogP contribution in [-0.4, -0.2) is 37.3 Å². The topological polar surface area (TPSA) is 75.7 Å². The van der Waals surface area contributed by atoms with Gasteiger partial charge in [-0.05, 0) is 44.9 Å². The van der Waals surface area contributed by atoms with Crippen molar-refractivity contribution in [2.45, 2.75) is 37.2 Å². The Morgan fingerprint density at radius 1 is 1.24 bits per heavy atom. The maximum absolute atomic E-state index is 12.5. The van der Waals surface area contributed by atoms with Gasteiger partial charge in [0.25, 0.3) is 5.91 Å². The standard InChI is InChI=1S/C14H18N2O4S/c1-14(2)13(17)15-11-9-10(5-6-12(11)20-14)21(18,19)16-7-3-4-8-16/h5-6,9H,3-4,7-8H2,1-2H3,(H,15,17). The molecule has 0 radical (unpaired) electrons. The van der Waals surface area contributed by atoms with Gasteiger partial charge in [-0.1, -0.05) is 0 Å². The molecule has 7 heteroatoms. The van der Waals surface area contributed by atoms with Crippen LogP contribution in [0.15, 0.2) is 23.1 Å². The van der Waals surface area contributed by atoms with Crippen LogP contribution in [0, 0.1) is 0 Å². The number of ether oxygens (including phenoxy) is 1. The van der Waals surface area contributed by atoms with Gasteiger partial charge in [0.15, 0.2) is 5.60 Å². The maximum atomic E-state index is 12.5. The minimum atomic E-state index is -3.49. The first-order valence-electron chi connectivity index (χ1n) is 6.95. The summed E-state index contributed by atoms with van der Waals surface area (Å²) in [7, 11) is -3.49. The number of sulfonamides is 1. The molecule has 2 heterocycles. The van der Waals surface area contributed by atoms with E-state index in [1.165, 1.54) is 16.4 Å². The second-order valence-electron chi connectivity index (χ2n) is 5.84. The van der Waals surface area contributed by atoms with Gasteiger partial charge in [-0.25, -0.2) is 8.42 Å². The zero-order valence-electron chi connectivity index (χ0n) is 12.0. The van der Waals surface area contributed by atoms with Crippen molar-refractivity contribution < 1.29 is 17.9 Å². The lowest BCUT2D eigenvalue weighted by Gasteiger charge is -2.31. The summed E-state index contributed by atoms with van der Waals surface area (Å²) in [6.45, 7) is 4.44. The van der Waals surface area contributed by atoms with Crippen molar-refractivity contribution >= 4 is 21.6 Å². The van der Waals surface area contributed by atoms with Crippen LogP contribution in [0.3, 0.4) is 0 Å². The Balaban J connectivity index is 1.97. The number of carbonyl (C=O) groups excluding carboxylic acids is 1. The van der Waals surface area contributed by atoms with Crippen molar-refractivity contribution in [3.05, 3.63) is 18.2 Å². The van der Waals surface area contributed by atoms with Crippen molar-refractivity contribution in [3.63, 3.8) is 0 Å². The second-order valence-corrected chi connectivity index (χ2v) is 7.77. The molecular weight excluding hydrogens is 292 g/mol. The van der Waals surface area contributed by atoms with E-state index in [0.29, 0.717) is 24.5 Å². The predicted molar refractivity (Wildman–Crippen MR) is 77.8 cm³/mol. The minimum absolute atomic E-state index is 0.187. The van der Waals surface area contributed by atoms with Crippen molar-refractivity contribution in [2.75, 3.05) is 18.4 Å². The maximum Gasteiger partial charge on any atom is 0.268 e. The molecule has 0 saturated carbocycles. The summed E-state index contributed by atoms with van der Waals surface area (Å²) in [4.78, 5) is 12.1. The molecular formula is C14H18N2O4S. The number of amides is 1. The van der Waals surface area contributed by atoms with E-state index in [9.17, 15) is 13.2 Å². The van der Waals surface area contributed by atoms with Gasteiger partial charge in [-0.15, -0.1) is 0 Å². The summed E-state index contributed by atoms with van der Waals surface area (Å²) in [5.74, 6) is 0.200. The van der Waals surface area contributed by atoms with Crippen LogP contribution in [0.4, 0.5) is 5.69 Å². The molecule has 1 saturated heterocycles. The highest BCUT2D eigenvalue weighted by Crippen LogP contribution is 2.36. The molecule has 0 bridgehead atoms. The molecule has 114 valence electrons. The van der Waals surface area contributed by atoms with E-state index < -0.39 is 15.6 Å². The molecule has 0 atom stereocenters. The number of benzene rings is 1. The number of carbonyl (C=O) groups is 1. The number of rotatable bonds is 2. The average Bonchev–Trinajstić information content (AvgIpc) is 2.93. The summed E-state index contributed by atoms with van der Waals surface area (Å²) in [6.07, 6.45) is 1.77. The van der Waals surface area contributed by atoms with Crippen molar-refractivity contribution in [1.82, 2.24) is 4.31 Å². The molecule has 3 rings (SSSR count). The van der Waals surface area contributed by atoms with E-state index in [2.05, 4.69) is 5.32 Å². The Bertz CT molecular complexity index is 691. The third-order valence-corrected chi connectivity index (χ3v) is 5.71. The van der Waals surface area contributed by atoms with Gasteiger partial charge in [-0.2, -0.15) is 4.31 Å². The van der Waals surface area contributed by atoms with Crippen LogP contribution in [0.5, 0.6) is 5.75 Å². The van der Waals surface area contributed by atoms with Crippen LogP contribution in [0.25, 0.3) is 0 Å². The highest BCUT2D eigenvalue weighted by molar-refractivity contribution is 7.89. The molecule has 2 aliphatic rings. The quantitative estimate of drug-likeness (QED) is 0.900. The third kappa shape index (κ3) is 2.40. The molecule has 0 unspecified atom stereocenters. The van der Waals surface area contributed by atoms with Crippen LogP contribution < -0.4 is 10.1 Å².